The van der Waals surface area contributed by atoms with Gasteiger partial charge in [-0.05, 0) is 41.4 Å². The Hall–Kier alpha value is -1.92. The van der Waals surface area contributed by atoms with Crippen molar-refractivity contribution in [2.45, 2.75) is 32.4 Å². The van der Waals surface area contributed by atoms with E-state index in [9.17, 15) is 9.59 Å². The molecule has 1 aromatic heterocycles. The second-order valence-corrected chi connectivity index (χ2v) is 6.95. The van der Waals surface area contributed by atoms with E-state index in [4.69, 9.17) is 16.3 Å². The Morgan fingerprint density at radius 2 is 1.96 bits per heavy atom. The second-order valence-electron chi connectivity index (χ2n) is 5.67. The van der Waals surface area contributed by atoms with Crippen LogP contribution < -0.4 is 5.32 Å². The first-order valence-electron chi connectivity index (χ1n) is 7.73. The van der Waals surface area contributed by atoms with E-state index in [0.29, 0.717) is 4.47 Å². The van der Waals surface area contributed by atoms with E-state index in [1.54, 1.807) is 19.9 Å². The van der Waals surface area contributed by atoms with Crippen LogP contribution in [-0.2, 0) is 9.53 Å². The number of esters is 1. The predicted octanol–water partition coefficient (Wildman–Crippen LogP) is 4.31. The highest BCUT2D eigenvalue weighted by Crippen LogP contribution is 2.22. The maximum absolute atomic E-state index is 12.6. The van der Waals surface area contributed by atoms with Gasteiger partial charge in [-0.25, -0.2) is 4.98 Å². The SMILES string of the molecule is CC(C)OC(=O)CC(NC(=O)c1cc(Br)cnc1Cl)c1ccccc1. The highest BCUT2D eigenvalue weighted by Gasteiger charge is 2.22. The topological polar surface area (TPSA) is 68.3 Å². The van der Waals surface area contributed by atoms with Crippen LogP contribution in [-0.4, -0.2) is 23.0 Å². The Labute approximate surface area is 159 Å². The average Bonchev–Trinajstić information content (AvgIpc) is 2.56. The molecule has 0 radical (unpaired) electrons. The highest BCUT2D eigenvalue weighted by molar-refractivity contribution is 9.10. The van der Waals surface area contributed by atoms with Gasteiger partial charge in [0.15, 0.2) is 0 Å². The molecule has 1 amide bonds. The molecule has 7 heteroatoms. The minimum atomic E-state index is -0.532. The first-order chi connectivity index (χ1) is 11.9. The first kappa shape index (κ1) is 19.4. The Balaban J connectivity index is 2.22. The molecule has 5 nitrogen and oxygen atoms in total. The first-order valence-corrected chi connectivity index (χ1v) is 8.90. The van der Waals surface area contributed by atoms with Gasteiger partial charge in [0, 0.05) is 10.7 Å². The van der Waals surface area contributed by atoms with Crippen LogP contribution in [0.4, 0.5) is 0 Å². The number of nitrogens with one attached hydrogen (secondary N) is 1. The van der Waals surface area contributed by atoms with Crippen molar-refractivity contribution < 1.29 is 14.3 Å². The summed E-state index contributed by atoms with van der Waals surface area (Å²) < 4.78 is 5.83. The minimum Gasteiger partial charge on any atom is -0.463 e. The standard InChI is InChI=1S/C18H18BrClN2O3/c1-11(2)25-16(23)9-15(12-6-4-3-5-7-12)22-18(24)14-8-13(19)10-21-17(14)20/h3-8,10-11,15H,9H2,1-2H3,(H,22,24). The fourth-order valence-corrected chi connectivity index (χ4v) is 2.75. The number of rotatable bonds is 6. The van der Waals surface area contributed by atoms with E-state index >= 15 is 0 Å². The Morgan fingerprint density at radius 3 is 2.60 bits per heavy atom. The van der Waals surface area contributed by atoms with Gasteiger partial charge >= 0.3 is 5.97 Å². The van der Waals surface area contributed by atoms with Gasteiger partial charge in [-0.15, -0.1) is 0 Å². The third kappa shape index (κ3) is 5.83. The molecular formula is C18H18BrClN2O3. The van der Waals surface area contributed by atoms with Gasteiger partial charge in [-0.1, -0.05) is 41.9 Å². The van der Waals surface area contributed by atoms with Crippen LogP contribution in [0.3, 0.4) is 0 Å². The Kier molecular flexibility index (Phi) is 6.96. The number of hydrogen-bond acceptors (Lipinski definition) is 4. The zero-order valence-electron chi connectivity index (χ0n) is 13.8. The summed E-state index contributed by atoms with van der Waals surface area (Å²) in [5.41, 5.74) is 1.03. The highest BCUT2D eigenvalue weighted by atomic mass is 79.9. The molecule has 0 aliphatic heterocycles. The van der Waals surface area contributed by atoms with Crippen molar-refractivity contribution in [1.82, 2.24) is 10.3 Å². The van der Waals surface area contributed by atoms with Gasteiger partial charge in [0.05, 0.1) is 24.1 Å². The maximum atomic E-state index is 12.6. The number of nitrogens with zero attached hydrogens (tertiary/aromatic N) is 1. The quantitative estimate of drug-likeness (QED) is 0.553. The van der Waals surface area contributed by atoms with Crippen molar-refractivity contribution >= 4 is 39.4 Å². The smallest absolute Gasteiger partial charge is 0.308 e. The average molecular weight is 426 g/mol. The van der Waals surface area contributed by atoms with Crippen molar-refractivity contribution in [2.75, 3.05) is 0 Å². The largest absolute Gasteiger partial charge is 0.463 e. The molecule has 1 heterocycles. The number of carbonyl (C=O) groups excluding carboxylic acids is 2. The number of amides is 1. The van der Waals surface area contributed by atoms with Crippen LogP contribution in [0, 0.1) is 0 Å². The molecule has 2 aromatic rings. The fraction of sp³-hybridized carbons (Fsp3) is 0.278. The predicted molar refractivity (Wildman–Crippen MR) is 99.4 cm³/mol. The van der Waals surface area contributed by atoms with Crippen LogP contribution in [0.2, 0.25) is 5.15 Å². The van der Waals surface area contributed by atoms with Gasteiger partial charge in [-0.3, -0.25) is 9.59 Å². The Bertz CT molecular complexity index is 753. The number of ether oxygens (including phenoxy) is 1. The zero-order valence-corrected chi connectivity index (χ0v) is 16.2. The van der Waals surface area contributed by atoms with E-state index in [1.807, 2.05) is 30.3 Å². The lowest BCUT2D eigenvalue weighted by Gasteiger charge is -2.19. The van der Waals surface area contributed by atoms with Crippen molar-refractivity contribution in [2.24, 2.45) is 0 Å². The summed E-state index contributed by atoms with van der Waals surface area (Å²) in [6, 6.07) is 10.3. The number of hydrogen-bond donors (Lipinski definition) is 1. The van der Waals surface area contributed by atoms with Crippen LogP contribution in [0.5, 0.6) is 0 Å². The van der Waals surface area contributed by atoms with Gasteiger partial charge in [0.2, 0.25) is 0 Å². The number of carbonyl (C=O) groups is 2. The zero-order chi connectivity index (χ0) is 18.4. The molecule has 2 rings (SSSR count). The monoisotopic (exact) mass is 424 g/mol. The van der Waals surface area contributed by atoms with E-state index in [-0.39, 0.29) is 29.2 Å². The molecule has 0 fully saturated rings. The second kappa shape index (κ2) is 8.97. The van der Waals surface area contributed by atoms with Gasteiger partial charge in [0.1, 0.15) is 5.15 Å². The number of aromatic nitrogens is 1. The van der Waals surface area contributed by atoms with E-state index in [0.717, 1.165) is 5.56 Å². The Morgan fingerprint density at radius 1 is 1.28 bits per heavy atom. The normalized spacial score (nSPS) is 11.9. The molecule has 1 aromatic carbocycles. The lowest BCUT2D eigenvalue weighted by molar-refractivity contribution is -0.147. The van der Waals surface area contributed by atoms with Crippen molar-refractivity contribution in [3.8, 4) is 0 Å². The molecular weight excluding hydrogens is 408 g/mol. The van der Waals surface area contributed by atoms with Crippen molar-refractivity contribution in [1.29, 1.82) is 0 Å². The van der Waals surface area contributed by atoms with Crippen molar-refractivity contribution in [3.05, 3.63) is 63.3 Å². The molecule has 25 heavy (non-hydrogen) atoms. The number of pyridine rings is 1. The van der Waals surface area contributed by atoms with Crippen LogP contribution in [0.15, 0.2) is 47.1 Å². The number of halogens is 2. The third-order valence-electron chi connectivity index (χ3n) is 3.30. The van der Waals surface area contributed by atoms with Crippen LogP contribution in [0.25, 0.3) is 0 Å². The van der Waals surface area contributed by atoms with E-state index in [1.165, 1.54) is 6.20 Å². The third-order valence-corrected chi connectivity index (χ3v) is 4.03. The van der Waals surface area contributed by atoms with E-state index in [2.05, 4.69) is 26.2 Å². The molecule has 1 unspecified atom stereocenters. The van der Waals surface area contributed by atoms with Crippen LogP contribution >= 0.6 is 27.5 Å². The molecule has 0 saturated heterocycles. The van der Waals surface area contributed by atoms with Crippen molar-refractivity contribution in [3.63, 3.8) is 0 Å². The minimum absolute atomic E-state index is 0.0208. The van der Waals surface area contributed by atoms with E-state index < -0.39 is 11.9 Å². The summed E-state index contributed by atoms with van der Waals surface area (Å²) in [5, 5.41) is 2.93. The summed E-state index contributed by atoms with van der Waals surface area (Å²) in [6.07, 6.45) is 1.31. The van der Waals surface area contributed by atoms with Gasteiger partial charge in [-0.2, -0.15) is 0 Å². The molecule has 0 saturated carbocycles. The maximum Gasteiger partial charge on any atom is 0.308 e. The summed E-state index contributed by atoms with van der Waals surface area (Å²) in [7, 11) is 0. The molecule has 132 valence electrons. The summed E-state index contributed by atoms with van der Waals surface area (Å²) in [4.78, 5) is 28.6. The molecule has 0 spiro atoms. The summed E-state index contributed by atoms with van der Waals surface area (Å²) >= 11 is 9.28. The number of benzene rings is 1. The fourth-order valence-electron chi connectivity index (χ4n) is 2.23. The molecule has 0 aliphatic rings. The molecule has 1 atom stereocenters. The summed E-state index contributed by atoms with van der Waals surface area (Å²) in [6.45, 7) is 3.56. The lowest BCUT2D eigenvalue weighted by Crippen LogP contribution is -2.31. The lowest BCUT2D eigenvalue weighted by atomic mass is 10.0. The van der Waals surface area contributed by atoms with Crippen LogP contribution in [0.1, 0.15) is 42.2 Å². The molecule has 0 bridgehead atoms. The molecule has 0 aliphatic carbocycles. The van der Waals surface area contributed by atoms with Gasteiger partial charge < -0.3 is 10.1 Å². The summed E-state index contributed by atoms with van der Waals surface area (Å²) in [5.74, 6) is -0.799. The molecule has 1 N–H and O–H groups in total. The van der Waals surface area contributed by atoms with Gasteiger partial charge in [0.25, 0.3) is 5.91 Å².